The Balaban J connectivity index is 3.08. The molecule has 0 saturated carbocycles. The van der Waals surface area contributed by atoms with Crippen molar-refractivity contribution in [2.24, 2.45) is 0 Å². The summed E-state index contributed by atoms with van der Waals surface area (Å²) in [5.74, 6) is 0. The Morgan fingerprint density at radius 1 is 1.38 bits per heavy atom. The number of alkyl halides is 1. The van der Waals surface area contributed by atoms with E-state index in [9.17, 15) is 4.79 Å². The molecule has 0 aliphatic carbocycles. The van der Waals surface area contributed by atoms with Crippen LogP contribution in [0.15, 0.2) is 24.3 Å². The minimum atomic E-state index is 0.739. The fraction of sp³-hybridized carbons (Fsp3) is 0.182. The summed E-state index contributed by atoms with van der Waals surface area (Å²) >= 11 is 3.30. The number of aryl methyl sites for hydroxylation is 1. The molecule has 0 amide bonds. The van der Waals surface area contributed by atoms with Crippen LogP contribution >= 0.6 is 15.9 Å². The summed E-state index contributed by atoms with van der Waals surface area (Å²) in [6, 6.07) is 5.79. The van der Waals surface area contributed by atoms with Crippen molar-refractivity contribution in [3.63, 3.8) is 0 Å². The fourth-order valence-corrected chi connectivity index (χ4v) is 1.30. The van der Waals surface area contributed by atoms with Crippen molar-refractivity contribution < 1.29 is 4.79 Å². The molecule has 2 heteroatoms. The quantitative estimate of drug-likeness (QED) is 0.584. The Morgan fingerprint density at radius 3 is 2.77 bits per heavy atom. The molecule has 0 radical (unpaired) electrons. The first-order valence-electron chi connectivity index (χ1n) is 4.06. The zero-order valence-corrected chi connectivity index (χ0v) is 9.04. The molecular formula is C11H11BrO. The van der Waals surface area contributed by atoms with Crippen LogP contribution in [-0.2, 0) is 0 Å². The molecule has 0 N–H and O–H groups in total. The molecule has 0 spiro atoms. The van der Waals surface area contributed by atoms with Gasteiger partial charge < -0.3 is 0 Å². The van der Waals surface area contributed by atoms with Crippen LogP contribution < -0.4 is 0 Å². The van der Waals surface area contributed by atoms with Gasteiger partial charge in [0.25, 0.3) is 0 Å². The Morgan fingerprint density at radius 2 is 2.15 bits per heavy atom. The van der Waals surface area contributed by atoms with E-state index in [2.05, 4.69) is 15.9 Å². The number of hydrogen-bond donors (Lipinski definition) is 0. The van der Waals surface area contributed by atoms with Crippen molar-refractivity contribution in [3.8, 4) is 0 Å². The van der Waals surface area contributed by atoms with Crippen molar-refractivity contribution in [3.05, 3.63) is 41.0 Å². The Bertz CT molecular complexity index is 329. The molecule has 0 aromatic heterocycles. The van der Waals surface area contributed by atoms with Crippen molar-refractivity contribution in [2.75, 3.05) is 5.33 Å². The second-order valence-corrected chi connectivity index (χ2v) is 3.45. The Kier molecular flexibility index (Phi) is 3.90. The van der Waals surface area contributed by atoms with E-state index >= 15 is 0 Å². The van der Waals surface area contributed by atoms with E-state index in [1.54, 1.807) is 0 Å². The molecule has 0 heterocycles. The number of rotatable bonds is 3. The van der Waals surface area contributed by atoms with Gasteiger partial charge in [-0.1, -0.05) is 51.8 Å². The van der Waals surface area contributed by atoms with Gasteiger partial charge in [0.15, 0.2) is 6.29 Å². The normalized spacial score (nSPS) is 10.6. The van der Waals surface area contributed by atoms with Gasteiger partial charge in [-0.15, -0.1) is 0 Å². The van der Waals surface area contributed by atoms with Gasteiger partial charge in [-0.3, -0.25) is 4.79 Å². The van der Waals surface area contributed by atoms with Crippen LogP contribution in [0, 0.1) is 6.92 Å². The van der Waals surface area contributed by atoms with E-state index in [1.807, 2.05) is 37.3 Å². The summed E-state index contributed by atoms with van der Waals surface area (Å²) in [7, 11) is 0. The molecule has 1 nitrogen and oxygen atoms in total. The predicted molar refractivity (Wildman–Crippen MR) is 59.4 cm³/mol. The standard InChI is InChI=1S/C11H11BrO/c1-9-4-5-11(8-13)10(7-9)3-2-6-12/h2-5,7-8H,6H2,1H3. The zero-order chi connectivity index (χ0) is 9.68. The van der Waals surface area contributed by atoms with Crippen LogP contribution in [0.4, 0.5) is 0 Å². The van der Waals surface area contributed by atoms with Gasteiger partial charge in [-0.25, -0.2) is 0 Å². The van der Waals surface area contributed by atoms with Gasteiger partial charge in [-0.05, 0) is 12.5 Å². The molecule has 0 aliphatic heterocycles. The van der Waals surface area contributed by atoms with Crippen LogP contribution in [0.5, 0.6) is 0 Å². The largest absolute Gasteiger partial charge is 0.298 e. The maximum Gasteiger partial charge on any atom is 0.150 e. The Hall–Kier alpha value is -0.890. The van der Waals surface area contributed by atoms with Crippen molar-refractivity contribution >= 4 is 28.3 Å². The van der Waals surface area contributed by atoms with E-state index in [0.717, 1.165) is 22.7 Å². The van der Waals surface area contributed by atoms with Crippen molar-refractivity contribution in [2.45, 2.75) is 6.92 Å². The van der Waals surface area contributed by atoms with E-state index < -0.39 is 0 Å². The first kappa shape index (κ1) is 10.2. The summed E-state index contributed by atoms with van der Waals surface area (Å²) < 4.78 is 0. The van der Waals surface area contributed by atoms with Gasteiger partial charge >= 0.3 is 0 Å². The third-order valence-corrected chi connectivity index (χ3v) is 2.13. The lowest BCUT2D eigenvalue weighted by Gasteiger charge is -1.99. The summed E-state index contributed by atoms with van der Waals surface area (Å²) in [4.78, 5) is 10.7. The summed E-state index contributed by atoms with van der Waals surface area (Å²) in [6.07, 6.45) is 4.81. The highest BCUT2D eigenvalue weighted by atomic mass is 79.9. The number of allylic oxidation sites excluding steroid dienone is 1. The fourth-order valence-electron chi connectivity index (χ4n) is 1.12. The second-order valence-electron chi connectivity index (χ2n) is 2.81. The molecule has 0 saturated heterocycles. The molecule has 0 bridgehead atoms. The molecule has 0 aliphatic rings. The topological polar surface area (TPSA) is 17.1 Å². The number of hydrogen-bond acceptors (Lipinski definition) is 1. The lowest BCUT2D eigenvalue weighted by Crippen LogP contribution is -1.86. The predicted octanol–water partition coefficient (Wildman–Crippen LogP) is 3.22. The third kappa shape index (κ3) is 2.81. The van der Waals surface area contributed by atoms with E-state index in [1.165, 1.54) is 5.56 Å². The number of carbonyl (C=O) groups excluding carboxylic acids is 1. The maximum atomic E-state index is 10.7. The molecule has 0 fully saturated rings. The second kappa shape index (κ2) is 4.97. The van der Waals surface area contributed by atoms with Gasteiger partial charge in [0, 0.05) is 10.9 Å². The monoisotopic (exact) mass is 238 g/mol. The number of aldehydes is 1. The van der Waals surface area contributed by atoms with Gasteiger partial charge in [0.1, 0.15) is 0 Å². The average Bonchev–Trinajstić information content (AvgIpc) is 2.15. The van der Waals surface area contributed by atoms with Gasteiger partial charge in [-0.2, -0.15) is 0 Å². The van der Waals surface area contributed by atoms with Crippen molar-refractivity contribution in [1.29, 1.82) is 0 Å². The van der Waals surface area contributed by atoms with E-state index in [4.69, 9.17) is 0 Å². The van der Waals surface area contributed by atoms with Crippen LogP contribution in [0.2, 0.25) is 0 Å². The number of halogens is 1. The zero-order valence-electron chi connectivity index (χ0n) is 7.46. The van der Waals surface area contributed by atoms with Crippen LogP contribution in [0.3, 0.4) is 0 Å². The van der Waals surface area contributed by atoms with E-state index in [0.29, 0.717) is 0 Å². The highest BCUT2D eigenvalue weighted by molar-refractivity contribution is 9.09. The Labute approximate surface area is 86.6 Å². The minimum Gasteiger partial charge on any atom is -0.298 e. The summed E-state index contributed by atoms with van der Waals surface area (Å²) in [5, 5.41) is 0.805. The highest BCUT2D eigenvalue weighted by Gasteiger charge is 1.97. The van der Waals surface area contributed by atoms with Crippen LogP contribution in [-0.4, -0.2) is 11.6 Å². The molecule has 68 valence electrons. The SMILES string of the molecule is Cc1ccc(C=O)c(C=CCBr)c1. The first-order valence-corrected chi connectivity index (χ1v) is 5.18. The van der Waals surface area contributed by atoms with Crippen molar-refractivity contribution in [1.82, 2.24) is 0 Å². The first-order chi connectivity index (χ1) is 6.27. The number of benzene rings is 1. The molecular weight excluding hydrogens is 228 g/mol. The van der Waals surface area contributed by atoms with E-state index in [-0.39, 0.29) is 0 Å². The van der Waals surface area contributed by atoms with Crippen LogP contribution in [0.1, 0.15) is 21.5 Å². The molecule has 1 rings (SSSR count). The van der Waals surface area contributed by atoms with Gasteiger partial charge in [0.2, 0.25) is 0 Å². The van der Waals surface area contributed by atoms with Gasteiger partial charge in [0.05, 0.1) is 0 Å². The van der Waals surface area contributed by atoms with Crippen LogP contribution in [0.25, 0.3) is 6.08 Å². The lowest BCUT2D eigenvalue weighted by molar-refractivity contribution is 0.112. The molecule has 1 aromatic rings. The smallest absolute Gasteiger partial charge is 0.150 e. The molecule has 0 atom stereocenters. The molecule has 0 unspecified atom stereocenters. The lowest BCUT2D eigenvalue weighted by atomic mass is 10.1. The summed E-state index contributed by atoms with van der Waals surface area (Å²) in [5.41, 5.74) is 2.89. The average molecular weight is 239 g/mol. The third-order valence-electron chi connectivity index (χ3n) is 1.76. The maximum absolute atomic E-state index is 10.7. The molecule has 1 aromatic carbocycles. The number of carbonyl (C=O) groups is 1. The molecule has 13 heavy (non-hydrogen) atoms. The summed E-state index contributed by atoms with van der Waals surface area (Å²) in [6.45, 7) is 2.01. The highest BCUT2D eigenvalue weighted by Crippen LogP contribution is 2.11. The minimum absolute atomic E-state index is 0.739.